The number of ether oxygens (including phenoxy) is 2. The first kappa shape index (κ1) is 15.5. The Morgan fingerprint density at radius 1 is 1.00 bits per heavy atom. The number of para-hydroxylation sites is 1. The first-order valence-corrected chi connectivity index (χ1v) is 6.52. The van der Waals surface area contributed by atoms with Crippen molar-refractivity contribution in [3.05, 3.63) is 60.4 Å². The standard InChI is InChI=1S/C16H14FNO4/c17-12-5-4-8-14(9-12)21-11-16(20)22-10-15(19)18-13-6-2-1-3-7-13/h1-9H,10-11H2,(H,18,19). The number of nitrogens with one attached hydrogen (secondary N) is 1. The number of rotatable bonds is 6. The molecule has 0 saturated carbocycles. The first-order valence-electron chi connectivity index (χ1n) is 6.52. The molecule has 0 heterocycles. The number of carbonyl (C=O) groups excluding carboxylic acids is 2. The molecule has 0 aliphatic carbocycles. The number of amides is 1. The predicted molar refractivity (Wildman–Crippen MR) is 77.9 cm³/mol. The van der Waals surface area contributed by atoms with Crippen LogP contribution < -0.4 is 10.1 Å². The monoisotopic (exact) mass is 303 g/mol. The number of anilines is 1. The van der Waals surface area contributed by atoms with Crippen LogP contribution in [0, 0.1) is 5.82 Å². The second-order valence-corrected chi connectivity index (χ2v) is 4.32. The Bertz CT molecular complexity index is 646. The number of esters is 1. The second-order valence-electron chi connectivity index (χ2n) is 4.32. The summed E-state index contributed by atoms with van der Waals surface area (Å²) in [5.74, 6) is -1.42. The fourth-order valence-corrected chi connectivity index (χ4v) is 1.61. The van der Waals surface area contributed by atoms with Crippen LogP contribution in [0.25, 0.3) is 0 Å². The van der Waals surface area contributed by atoms with Crippen molar-refractivity contribution < 1.29 is 23.5 Å². The summed E-state index contributed by atoms with van der Waals surface area (Å²) in [4.78, 5) is 23.0. The summed E-state index contributed by atoms with van der Waals surface area (Å²) < 4.78 is 22.7. The summed E-state index contributed by atoms with van der Waals surface area (Å²) in [6, 6.07) is 14.2. The van der Waals surface area contributed by atoms with Gasteiger partial charge in [-0.2, -0.15) is 0 Å². The average molecular weight is 303 g/mol. The quantitative estimate of drug-likeness (QED) is 0.832. The van der Waals surface area contributed by atoms with Gasteiger partial charge < -0.3 is 14.8 Å². The van der Waals surface area contributed by atoms with Crippen molar-refractivity contribution in [2.75, 3.05) is 18.5 Å². The molecule has 2 rings (SSSR count). The van der Waals surface area contributed by atoms with Gasteiger partial charge >= 0.3 is 5.97 Å². The highest BCUT2D eigenvalue weighted by atomic mass is 19.1. The molecule has 22 heavy (non-hydrogen) atoms. The zero-order valence-electron chi connectivity index (χ0n) is 11.6. The molecule has 0 aliphatic rings. The molecule has 0 spiro atoms. The molecule has 0 radical (unpaired) electrons. The lowest BCUT2D eigenvalue weighted by Crippen LogP contribution is -2.23. The molecule has 0 unspecified atom stereocenters. The third kappa shape index (κ3) is 5.24. The molecule has 1 N–H and O–H groups in total. The fourth-order valence-electron chi connectivity index (χ4n) is 1.61. The van der Waals surface area contributed by atoms with Crippen molar-refractivity contribution in [3.63, 3.8) is 0 Å². The minimum atomic E-state index is -0.715. The molecule has 2 aromatic carbocycles. The number of hydrogen-bond donors (Lipinski definition) is 1. The molecule has 1 amide bonds. The van der Waals surface area contributed by atoms with Crippen molar-refractivity contribution >= 4 is 17.6 Å². The van der Waals surface area contributed by atoms with Gasteiger partial charge in [0.15, 0.2) is 13.2 Å². The van der Waals surface area contributed by atoms with Gasteiger partial charge in [0.05, 0.1) is 0 Å². The summed E-state index contributed by atoms with van der Waals surface area (Å²) in [6.07, 6.45) is 0. The van der Waals surface area contributed by atoms with Crippen molar-refractivity contribution in [2.24, 2.45) is 0 Å². The highest BCUT2D eigenvalue weighted by Gasteiger charge is 2.09. The molecule has 114 valence electrons. The maximum absolute atomic E-state index is 12.9. The van der Waals surface area contributed by atoms with Gasteiger partial charge in [-0.3, -0.25) is 4.79 Å². The van der Waals surface area contributed by atoms with Crippen molar-refractivity contribution in [2.45, 2.75) is 0 Å². The lowest BCUT2D eigenvalue weighted by molar-refractivity contribution is -0.149. The average Bonchev–Trinajstić information content (AvgIpc) is 2.52. The molecule has 0 aliphatic heterocycles. The van der Waals surface area contributed by atoms with E-state index in [1.165, 1.54) is 18.2 Å². The van der Waals surface area contributed by atoms with Crippen LogP contribution in [0.5, 0.6) is 5.75 Å². The van der Waals surface area contributed by atoms with Crippen LogP contribution in [-0.4, -0.2) is 25.1 Å². The van der Waals surface area contributed by atoms with E-state index >= 15 is 0 Å². The van der Waals surface area contributed by atoms with Gasteiger partial charge in [-0.25, -0.2) is 9.18 Å². The minimum Gasteiger partial charge on any atom is -0.482 e. The number of carbonyl (C=O) groups is 2. The summed E-state index contributed by atoms with van der Waals surface area (Å²) in [5.41, 5.74) is 0.611. The van der Waals surface area contributed by atoms with Gasteiger partial charge in [0, 0.05) is 11.8 Å². The van der Waals surface area contributed by atoms with Crippen LogP contribution in [0.4, 0.5) is 10.1 Å². The van der Waals surface area contributed by atoms with Crippen LogP contribution in [0.1, 0.15) is 0 Å². The van der Waals surface area contributed by atoms with Crippen LogP contribution in [0.2, 0.25) is 0 Å². The molecule has 2 aromatic rings. The predicted octanol–water partition coefficient (Wildman–Crippen LogP) is 2.39. The largest absolute Gasteiger partial charge is 0.482 e. The number of benzene rings is 2. The smallest absolute Gasteiger partial charge is 0.344 e. The summed E-state index contributed by atoms with van der Waals surface area (Å²) in [7, 11) is 0. The summed E-state index contributed by atoms with van der Waals surface area (Å²) in [6.45, 7) is -0.817. The Balaban J connectivity index is 1.70. The fraction of sp³-hybridized carbons (Fsp3) is 0.125. The van der Waals surface area contributed by atoms with E-state index in [0.717, 1.165) is 6.07 Å². The molecule has 0 saturated heterocycles. The van der Waals surface area contributed by atoms with Crippen molar-refractivity contribution in [1.82, 2.24) is 0 Å². The van der Waals surface area contributed by atoms with Gasteiger partial charge in [-0.05, 0) is 24.3 Å². The molecule has 0 fully saturated rings. The molecule has 6 heteroatoms. The Kier molecular flexibility index (Phi) is 5.48. The molecular weight excluding hydrogens is 289 g/mol. The molecule has 0 bridgehead atoms. The highest BCUT2D eigenvalue weighted by molar-refractivity contribution is 5.92. The Morgan fingerprint density at radius 3 is 2.50 bits per heavy atom. The zero-order valence-corrected chi connectivity index (χ0v) is 11.6. The SMILES string of the molecule is O=C(COC(=O)COc1cccc(F)c1)Nc1ccccc1. The first-order chi connectivity index (χ1) is 10.6. The van der Waals surface area contributed by atoms with E-state index in [-0.39, 0.29) is 5.75 Å². The van der Waals surface area contributed by atoms with Gasteiger partial charge in [-0.15, -0.1) is 0 Å². The van der Waals surface area contributed by atoms with Crippen LogP contribution in [0.3, 0.4) is 0 Å². The molecule has 0 atom stereocenters. The Hall–Kier alpha value is -2.89. The highest BCUT2D eigenvalue weighted by Crippen LogP contribution is 2.11. The van der Waals surface area contributed by atoms with E-state index in [4.69, 9.17) is 9.47 Å². The van der Waals surface area contributed by atoms with Crippen molar-refractivity contribution in [3.8, 4) is 5.75 Å². The van der Waals surface area contributed by atoms with E-state index in [0.29, 0.717) is 5.69 Å². The van der Waals surface area contributed by atoms with E-state index < -0.39 is 30.9 Å². The number of hydrogen-bond acceptors (Lipinski definition) is 4. The third-order valence-corrected chi connectivity index (χ3v) is 2.57. The molecule has 5 nitrogen and oxygen atoms in total. The van der Waals surface area contributed by atoms with Crippen molar-refractivity contribution in [1.29, 1.82) is 0 Å². The lowest BCUT2D eigenvalue weighted by atomic mass is 10.3. The van der Waals surface area contributed by atoms with E-state index in [9.17, 15) is 14.0 Å². The molecular formula is C16H14FNO4. The number of halogens is 1. The van der Waals surface area contributed by atoms with E-state index in [1.807, 2.05) is 6.07 Å². The second kappa shape index (κ2) is 7.78. The van der Waals surface area contributed by atoms with E-state index in [1.54, 1.807) is 24.3 Å². The van der Waals surface area contributed by atoms with Gasteiger partial charge in [-0.1, -0.05) is 24.3 Å². The van der Waals surface area contributed by atoms with Crippen LogP contribution in [-0.2, 0) is 14.3 Å². The summed E-state index contributed by atoms with van der Waals surface area (Å²) >= 11 is 0. The Labute approximate surface area is 126 Å². The normalized spacial score (nSPS) is 9.86. The third-order valence-electron chi connectivity index (χ3n) is 2.57. The maximum atomic E-state index is 12.9. The van der Waals surface area contributed by atoms with Crippen LogP contribution >= 0.6 is 0 Å². The maximum Gasteiger partial charge on any atom is 0.344 e. The van der Waals surface area contributed by atoms with Gasteiger partial charge in [0.2, 0.25) is 0 Å². The lowest BCUT2D eigenvalue weighted by Gasteiger charge is -2.08. The minimum absolute atomic E-state index is 0.214. The van der Waals surface area contributed by atoms with Gasteiger partial charge in [0.25, 0.3) is 5.91 Å². The van der Waals surface area contributed by atoms with Crippen LogP contribution in [0.15, 0.2) is 54.6 Å². The Morgan fingerprint density at radius 2 is 1.77 bits per heavy atom. The summed E-state index contributed by atoms with van der Waals surface area (Å²) in [5, 5.41) is 2.57. The van der Waals surface area contributed by atoms with Gasteiger partial charge in [0.1, 0.15) is 11.6 Å². The topological polar surface area (TPSA) is 64.6 Å². The van der Waals surface area contributed by atoms with E-state index in [2.05, 4.69) is 5.32 Å². The zero-order chi connectivity index (χ0) is 15.8. The molecule has 0 aromatic heterocycles.